The highest BCUT2D eigenvalue weighted by Gasteiger charge is 2.22. The molecule has 0 saturated heterocycles. The average Bonchev–Trinajstić information content (AvgIpc) is 2.54. The lowest BCUT2D eigenvalue weighted by Crippen LogP contribution is -2.42. The van der Waals surface area contributed by atoms with Crippen LogP contribution in [0.2, 0.25) is 5.02 Å². The Labute approximate surface area is 141 Å². The number of carbonyl (C=O) groups is 1. The molecule has 8 heteroatoms. The number of hydrogen-bond acceptors (Lipinski definition) is 4. The van der Waals surface area contributed by atoms with Gasteiger partial charge in [0.25, 0.3) is 0 Å². The van der Waals surface area contributed by atoms with Crippen LogP contribution in [0.5, 0.6) is 5.75 Å². The molecule has 1 fully saturated rings. The molecule has 1 aliphatic carbocycles. The van der Waals surface area contributed by atoms with Crippen LogP contribution in [0.25, 0.3) is 0 Å². The van der Waals surface area contributed by atoms with Gasteiger partial charge in [0.2, 0.25) is 15.9 Å². The lowest BCUT2D eigenvalue weighted by molar-refractivity contribution is -0.120. The number of hydrogen-bond donors (Lipinski definition) is 2. The van der Waals surface area contributed by atoms with E-state index in [4.69, 9.17) is 16.3 Å². The molecule has 2 rings (SSSR count). The summed E-state index contributed by atoms with van der Waals surface area (Å²) in [6.07, 6.45) is 5.27. The summed E-state index contributed by atoms with van der Waals surface area (Å²) in [5.74, 6) is -0.156. The zero-order valence-corrected chi connectivity index (χ0v) is 14.5. The maximum Gasteiger partial charge on any atom is 0.244 e. The van der Waals surface area contributed by atoms with Crippen molar-refractivity contribution in [3.8, 4) is 5.75 Å². The highest BCUT2D eigenvalue weighted by molar-refractivity contribution is 7.89. The number of rotatable bonds is 6. The van der Waals surface area contributed by atoms with Gasteiger partial charge in [-0.15, -0.1) is 0 Å². The molecule has 0 heterocycles. The fourth-order valence-corrected chi connectivity index (χ4v) is 4.04. The highest BCUT2D eigenvalue weighted by Crippen LogP contribution is 2.26. The van der Waals surface area contributed by atoms with E-state index in [1.807, 2.05) is 0 Å². The Kier molecular flexibility index (Phi) is 6.26. The summed E-state index contributed by atoms with van der Waals surface area (Å²) in [4.78, 5) is 11.8. The Balaban J connectivity index is 1.98. The molecule has 1 aromatic carbocycles. The van der Waals surface area contributed by atoms with Crippen molar-refractivity contribution in [3.63, 3.8) is 0 Å². The summed E-state index contributed by atoms with van der Waals surface area (Å²) in [6.45, 7) is -0.311. The van der Waals surface area contributed by atoms with E-state index in [0.29, 0.717) is 0 Å². The molecule has 23 heavy (non-hydrogen) atoms. The predicted molar refractivity (Wildman–Crippen MR) is 88.2 cm³/mol. The second-order valence-electron chi connectivity index (χ2n) is 5.52. The molecule has 0 aliphatic heterocycles. The molecule has 1 aliphatic rings. The van der Waals surface area contributed by atoms with Gasteiger partial charge >= 0.3 is 0 Å². The number of halogens is 1. The van der Waals surface area contributed by atoms with Crippen molar-refractivity contribution in [2.75, 3.05) is 13.7 Å². The normalized spacial score (nSPS) is 16.1. The third kappa shape index (κ3) is 5.09. The van der Waals surface area contributed by atoms with E-state index in [-0.39, 0.29) is 34.2 Å². The van der Waals surface area contributed by atoms with Crippen molar-refractivity contribution in [1.29, 1.82) is 0 Å². The van der Waals surface area contributed by atoms with Crippen molar-refractivity contribution >= 4 is 27.5 Å². The Hall–Kier alpha value is -1.31. The Morgan fingerprint density at radius 3 is 2.65 bits per heavy atom. The minimum Gasteiger partial charge on any atom is -0.495 e. The Morgan fingerprint density at radius 2 is 2.00 bits per heavy atom. The summed E-state index contributed by atoms with van der Waals surface area (Å²) in [7, 11) is -2.51. The summed E-state index contributed by atoms with van der Waals surface area (Å²) < 4.78 is 32.0. The standard InChI is InChI=1S/C15H21ClN2O4S/c1-22-13-8-7-11(16)9-14(13)23(20,21)17-10-15(19)18-12-5-3-2-4-6-12/h7-9,12,17H,2-6,10H2,1H3,(H,18,19). The molecule has 6 nitrogen and oxygen atoms in total. The molecule has 0 radical (unpaired) electrons. The van der Waals surface area contributed by atoms with Gasteiger partial charge in [-0.1, -0.05) is 30.9 Å². The Morgan fingerprint density at radius 1 is 1.30 bits per heavy atom. The van der Waals surface area contributed by atoms with Crippen LogP contribution < -0.4 is 14.8 Å². The van der Waals surface area contributed by atoms with Crippen LogP contribution in [0.4, 0.5) is 0 Å². The molecular weight excluding hydrogens is 340 g/mol. The van der Waals surface area contributed by atoms with E-state index in [0.717, 1.165) is 25.7 Å². The van der Waals surface area contributed by atoms with Gasteiger partial charge in [-0.3, -0.25) is 4.79 Å². The minimum absolute atomic E-state index is 0.0852. The summed E-state index contributed by atoms with van der Waals surface area (Å²) in [5.41, 5.74) is 0. The zero-order valence-electron chi connectivity index (χ0n) is 13.0. The smallest absolute Gasteiger partial charge is 0.244 e. The summed E-state index contributed by atoms with van der Waals surface area (Å²) in [5, 5.41) is 3.14. The van der Waals surface area contributed by atoms with Crippen molar-refractivity contribution < 1.29 is 17.9 Å². The first-order valence-corrected chi connectivity index (χ1v) is 9.41. The molecule has 0 bridgehead atoms. The van der Waals surface area contributed by atoms with Gasteiger partial charge < -0.3 is 10.1 Å². The second kappa shape index (κ2) is 7.99. The van der Waals surface area contributed by atoms with E-state index >= 15 is 0 Å². The molecule has 2 N–H and O–H groups in total. The number of methoxy groups -OCH3 is 1. The van der Waals surface area contributed by atoms with Crippen molar-refractivity contribution in [2.24, 2.45) is 0 Å². The van der Waals surface area contributed by atoms with E-state index in [1.54, 1.807) is 0 Å². The fourth-order valence-electron chi connectivity index (χ4n) is 2.62. The first-order chi connectivity index (χ1) is 10.9. The molecule has 1 aromatic rings. The monoisotopic (exact) mass is 360 g/mol. The zero-order chi connectivity index (χ0) is 16.9. The molecule has 128 valence electrons. The van der Waals surface area contributed by atoms with Crippen LogP contribution in [-0.2, 0) is 14.8 Å². The number of nitrogens with one attached hydrogen (secondary N) is 2. The van der Waals surface area contributed by atoms with Crippen LogP contribution >= 0.6 is 11.6 Å². The second-order valence-corrected chi connectivity index (χ2v) is 7.69. The van der Waals surface area contributed by atoms with Gasteiger partial charge in [0, 0.05) is 11.1 Å². The lowest BCUT2D eigenvalue weighted by atomic mass is 9.95. The number of carbonyl (C=O) groups excluding carboxylic acids is 1. The van der Waals surface area contributed by atoms with Gasteiger partial charge in [-0.2, -0.15) is 0 Å². The van der Waals surface area contributed by atoms with Crippen LogP contribution in [0.1, 0.15) is 32.1 Å². The van der Waals surface area contributed by atoms with Gasteiger partial charge in [0.15, 0.2) is 0 Å². The first-order valence-electron chi connectivity index (χ1n) is 7.55. The summed E-state index contributed by atoms with van der Waals surface area (Å²) >= 11 is 5.84. The first kappa shape index (κ1) is 18.0. The molecule has 1 amide bonds. The quantitative estimate of drug-likeness (QED) is 0.813. The van der Waals surface area contributed by atoms with Gasteiger partial charge in [0.1, 0.15) is 10.6 Å². The molecule has 0 unspecified atom stereocenters. The van der Waals surface area contributed by atoms with E-state index in [1.165, 1.54) is 31.7 Å². The molecule has 0 spiro atoms. The topological polar surface area (TPSA) is 84.5 Å². The highest BCUT2D eigenvalue weighted by atomic mass is 35.5. The molecular formula is C15H21ClN2O4S. The Bertz CT molecular complexity index is 657. The van der Waals surface area contributed by atoms with Crippen LogP contribution in [0, 0.1) is 0 Å². The largest absolute Gasteiger partial charge is 0.495 e. The summed E-state index contributed by atoms with van der Waals surface area (Å²) in [6, 6.07) is 4.44. The van der Waals surface area contributed by atoms with E-state index < -0.39 is 10.0 Å². The predicted octanol–water partition coefficient (Wildman–Crippen LogP) is 2.08. The fraction of sp³-hybridized carbons (Fsp3) is 0.533. The van der Waals surface area contributed by atoms with E-state index in [2.05, 4.69) is 10.0 Å². The number of sulfonamides is 1. The maximum atomic E-state index is 12.3. The van der Waals surface area contributed by atoms with Crippen molar-refractivity contribution in [2.45, 2.75) is 43.0 Å². The third-order valence-electron chi connectivity index (χ3n) is 3.81. The van der Waals surface area contributed by atoms with Gasteiger partial charge in [-0.25, -0.2) is 13.1 Å². The van der Waals surface area contributed by atoms with Gasteiger partial charge in [-0.05, 0) is 31.0 Å². The third-order valence-corrected chi connectivity index (χ3v) is 5.47. The average molecular weight is 361 g/mol. The van der Waals surface area contributed by atoms with E-state index in [9.17, 15) is 13.2 Å². The number of amides is 1. The maximum absolute atomic E-state index is 12.3. The molecule has 1 saturated carbocycles. The number of benzene rings is 1. The SMILES string of the molecule is COc1ccc(Cl)cc1S(=O)(=O)NCC(=O)NC1CCCCC1. The van der Waals surface area contributed by atoms with Crippen LogP contribution in [0.15, 0.2) is 23.1 Å². The molecule has 0 aromatic heterocycles. The minimum atomic E-state index is -3.88. The van der Waals surface area contributed by atoms with Crippen LogP contribution in [0.3, 0.4) is 0 Å². The van der Waals surface area contributed by atoms with Crippen molar-refractivity contribution in [1.82, 2.24) is 10.0 Å². The lowest BCUT2D eigenvalue weighted by Gasteiger charge is -2.22. The van der Waals surface area contributed by atoms with Crippen molar-refractivity contribution in [3.05, 3.63) is 23.2 Å². The van der Waals surface area contributed by atoms with Gasteiger partial charge in [0.05, 0.1) is 13.7 Å². The van der Waals surface area contributed by atoms with Crippen LogP contribution in [-0.4, -0.2) is 34.0 Å². The molecule has 0 atom stereocenters. The number of ether oxygens (including phenoxy) is 1.